The molecular formula is C14H11Cl3N2O3S. The SMILES string of the molecule is Cc1nc(C)c(C(=O)OCC(=O)Nc2cc(Cl)c(Cl)cc2Cl)s1. The average molecular weight is 394 g/mol. The van der Waals surface area contributed by atoms with E-state index in [0.717, 1.165) is 5.01 Å². The fourth-order valence-electron chi connectivity index (χ4n) is 1.72. The van der Waals surface area contributed by atoms with Crippen LogP contribution in [-0.4, -0.2) is 23.5 Å². The Morgan fingerprint density at radius 1 is 1.17 bits per heavy atom. The van der Waals surface area contributed by atoms with Crippen molar-refractivity contribution >= 4 is 63.7 Å². The van der Waals surface area contributed by atoms with Crippen molar-refractivity contribution in [2.24, 2.45) is 0 Å². The number of hydrogen-bond acceptors (Lipinski definition) is 5. The molecule has 0 atom stereocenters. The van der Waals surface area contributed by atoms with E-state index in [2.05, 4.69) is 10.3 Å². The maximum absolute atomic E-state index is 11.9. The minimum absolute atomic E-state index is 0.230. The summed E-state index contributed by atoms with van der Waals surface area (Å²) in [7, 11) is 0. The van der Waals surface area contributed by atoms with E-state index in [1.165, 1.54) is 23.5 Å². The third kappa shape index (κ3) is 4.57. The molecule has 0 spiro atoms. The number of benzene rings is 1. The van der Waals surface area contributed by atoms with Crippen molar-refractivity contribution in [3.8, 4) is 0 Å². The molecule has 0 fully saturated rings. The van der Waals surface area contributed by atoms with Crippen LogP contribution in [0.5, 0.6) is 0 Å². The number of esters is 1. The quantitative estimate of drug-likeness (QED) is 0.613. The molecule has 2 aromatic rings. The first kappa shape index (κ1) is 18.0. The summed E-state index contributed by atoms with van der Waals surface area (Å²) in [4.78, 5) is 28.3. The van der Waals surface area contributed by atoms with Crippen LogP contribution in [0, 0.1) is 13.8 Å². The van der Waals surface area contributed by atoms with E-state index >= 15 is 0 Å². The van der Waals surface area contributed by atoms with Crippen molar-refractivity contribution in [3.05, 3.63) is 42.8 Å². The number of hydrogen-bond donors (Lipinski definition) is 1. The van der Waals surface area contributed by atoms with Crippen LogP contribution in [0.25, 0.3) is 0 Å². The van der Waals surface area contributed by atoms with Crippen LogP contribution in [0.1, 0.15) is 20.4 Å². The standard InChI is InChI=1S/C14H11Cl3N2O3S/c1-6-13(23-7(2)18-6)14(21)22-5-12(20)19-11-4-9(16)8(15)3-10(11)17/h3-4H,5H2,1-2H3,(H,19,20). The van der Waals surface area contributed by atoms with Crippen LogP contribution in [0.2, 0.25) is 15.1 Å². The van der Waals surface area contributed by atoms with Gasteiger partial charge in [0.2, 0.25) is 0 Å². The van der Waals surface area contributed by atoms with Gasteiger partial charge in [-0.05, 0) is 26.0 Å². The van der Waals surface area contributed by atoms with Gasteiger partial charge in [0.05, 0.1) is 31.5 Å². The summed E-state index contributed by atoms with van der Waals surface area (Å²) in [6.07, 6.45) is 0. The number of carbonyl (C=O) groups is 2. The van der Waals surface area contributed by atoms with Gasteiger partial charge in [-0.15, -0.1) is 11.3 Å². The number of carbonyl (C=O) groups excluding carboxylic acids is 2. The topological polar surface area (TPSA) is 68.3 Å². The summed E-state index contributed by atoms with van der Waals surface area (Å²) in [5.74, 6) is -1.14. The first-order valence-electron chi connectivity index (χ1n) is 6.33. The van der Waals surface area contributed by atoms with E-state index in [0.29, 0.717) is 10.6 Å². The summed E-state index contributed by atoms with van der Waals surface area (Å²) in [5, 5.41) is 4.01. The lowest BCUT2D eigenvalue weighted by atomic mass is 10.3. The van der Waals surface area contributed by atoms with Crippen LogP contribution in [0.3, 0.4) is 0 Å². The predicted molar refractivity (Wildman–Crippen MR) is 92.0 cm³/mol. The molecule has 9 heteroatoms. The smallest absolute Gasteiger partial charge is 0.350 e. The van der Waals surface area contributed by atoms with Crippen molar-refractivity contribution in [2.45, 2.75) is 13.8 Å². The number of aryl methyl sites for hydroxylation is 2. The normalized spacial score (nSPS) is 10.5. The monoisotopic (exact) mass is 392 g/mol. The van der Waals surface area contributed by atoms with Gasteiger partial charge in [0, 0.05) is 0 Å². The van der Waals surface area contributed by atoms with Gasteiger partial charge in [-0.1, -0.05) is 34.8 Å². The predicted octanol–water partition coefficient (Wildman–Crippen LogP) is 4.52. The van der Waals surface area contributed by atoms with Crippen LogP contribution in [-0.2, 0) is 9.53 Å². The lowest BCUT2D eigenvalue weighted by molar-refractivity contribution is -0.119. The lowest BCUT2D eigenvalue weighted by Crippen LogP contribution is -2.21. The second-order valence-corrected chi connectivity index (χ2v) is 6.94. The van der Waals surface area contributed by atoms with Crippen LogP contribution < -0.4 is 5.32 Å². The Morgan fingerprint density at radius 3 is 2.43 bits per heavy atom. The molecule has 0 bridgehead atoms. The highest BCUT2D eigenvalue weighted by Crippen LogP contribution is 2.32. The second-order valence-electron chi connectivity index (χ2n) is 4.52. The van der Waals surface area contributed by atoms with Gasteiger partial charge in [-0.25, -0.2) is 9.78 Å². The maximum atomic E-state index is 11.9. The molecule has 1 aromatic carbocycles. The Bertz CT molecular complexity index is 777. The molecule has 23 heavy (non-hydrogen) atoms. The zero-order valence-electron chi connectivity index (χ0n) is 12.1. The first-order valence-corrected chi connectivity index (χ1v) is 8.28. The van der Waals surface area contributed by atoms with E-state index in [4.69, 9.17) is 39.5 Å². The molecule has 1 amide bonds. The molecule has 0 saturated heterocycles. The minimum Gasteiger partial charge on any atom is -0.451 e. The van der Waals surface area contributed by atoms with Crippen molar-refractivity contribution in [1.82, 2.24) is 4.98 Å². The minimum atomic E-state index is -0.594. The second kappa shape index (κ2) is 7.49. The Morgan fingerprint density at radius 2 is 1.83 bits per heavy atom. The molecule has 1 heterocycles. The highest BCUT2D eigenvalue weighted by atomic mass is 35.5. The van der Waals surface area contributed by atoms with Crippen LogP contribution in [0.4, 0.5) is 5.69 Å². The molecule has 1 N–H and O–H groups in total. The summed E-state index contributed by atoms with van der Waals surface area (Å²) in [5.41, 5.74) is 0.859. The molecule has 2 rings (SSSR count). The number of nitrogens with zero attached hydrogens (tertiary/aromatic N) is 1. The molecule has 0 aliphatic heterocycles. The molecule has 5 nitrogen and oxygen atoms in total. The molecule has 0 aliphatic rings. The number of amides is 1. The Balaban J connectivity index is 1.97. The van der Waals surface area contributed by atoms with E-state index < -0.39 is 18.5 Å². The van der Waals surface area contributed by atoms with Gasteiger partial charge >= 0.3 is 5.97 Å². The van der Waals surface area contributed by atoms with Crippen molar-refractivity contribution in [3.63, 3.8) is 0 Å². The molecule has 0 saturated carbocycles. The largest absolute Gasteiger partial charge is 0.451 e. The third-order valence-corrected chi connectivity index (χ3v) is 4.80. The Hall–Kier alpha value is -1.34. The third-order valence-electron chi connectivity index (χ3n) is 2.71. The van der Waals surface area contributed by atoms with Crippen molar-refractivity contribution in [1.29, 1.82) is 0 Å². The number of nitrogens with one attached hydrogen (secondary N) is 1. The van der Waals surface area contributed by atoms with Gasteiger partial charge in [-0.2, -0.15) is 0 Å². The van der Waals surface area contributed by atoms with E-state index in [9.17, 15) is 9.59 Å². The number of rotatable bonds is 4. The molecule has 122 valence electrons. The van der Waals surface area contributed by atoms with Gasteiger partial charge in [-0.3, -0.25) is 4.79 Å². The van der Waals surface area contributed by atoms with E-state index in [1.807, 2.05) is 0 Å². The summed E-state index contributed by atoms with van der Waals surface area (Å²) >= 11 is 18.8. The fourth-order valence-corrected chi connectivity index (χ4v) is 3.13. The molecular weight excluding hydrogens is 383 g/mol. The zero-order chi connectivity index (χ0) is 17.1. The van der Waals surface area contributed by atoms with Gasteiger partial charge < -0.3 is 10.1 Å². The van der Waals surface area contributed by atoms with Gasteiger partial charge in [0.15, 0.2) is 6.61 Å². The number of ether oxygens (including phenoxy) is 1. The van der Waals surface area contributed by atoms with E-state index in [-0.39, 0.29) is 20.8 Å². The van der Waals surface area contributed by atoms with Gasteiger partial charge in [0.25, 0.3) is 5.91 Å². The summed E-state index contributed by atoms with van der Waals surface area (Å²) < 4.78 is 4.97. The molecule has 0 unspecified atom stereocenters. The number of halogens is 3. The lowest BCUT2D eigenvalue weighted by Gasteiger charge is -2.09. The van der Waals surface area contributed by atoms with Crippen LogP contribution in [0.15, 0.2) is 12.1 Å². The Labute approximate surface area is 151 Å². The first-order chi connectivity index (χ1) is 10.8. The fraction of sp³-hybridized carbons (Fsp3) is 0.214. The highest BCUT2D eigenvalue weighted by Gasteiger charge is 2.17. The molecule has 1 aromatic heterocycles. The summed E-state index contributed by atoms with van der Waals surface area (Å²) in [6, 6.07) is 2.83. The van der Waals surface area contributed by atoms with Crippen molar-refractivity contribution in [2.75, 3.05) is 11.9 Å². The number of aromatic nitrogens is 1. The number of anilines is 1. The van der Waals surface area contributed by atoms with Crippen LogP contribution >= 0.6 is 46.1 Å². The van der Waals surface area contributed by atoms with Crippen molar-refractivity contribution < 1.29 is 14.3 Å². The highest BCUT2D eigenvalue weighted by molar-refractivity contribution is 7.13. The zero-order valence-corrected chi connectivity index (χ0v) is 15.2. The Kier molecular flexibility index (Phi) is 5.86. The molecule has 0 aliphatic carbocycles. The number of thiazole rings is 1. The average Bonchev–Trinajstić information content (AvgIpc) is 2.81. The summed E-state index contributed by atoms with van der Waals surface area (Å²) in [6.45, 7) is 3.04. The van der Waals surface area contributed by atoms with Gasteiger partial charge in [0.1, 0.15) is 4.88 Å². The van der Waals surface area contributed by atoms with E-state index in [1.54, 1.807) is 13.8 Å². The maximum Gasteiger partial charge on any atom is 0.350 e. The molecule has 0 radical (unpaired) electrons.